The van der Waals surface area contributed by atoms with Crippen LogP contribution in [0.3, 0.4) is 0 Å². The number of anilines is 3. The number of halogens is 1. The zero-order valence-electron chi connectivity index (χ0n) is 19.4. The molecule has 0 radical (unpaired) electrons. The normalized spacial score (nSPS) is 22.2. The number of aryl methyl sites for hydroxylation is 2. The summed E-state index contributed by atoms with van der Waals surface area (Å²) in [6, 6.07) is 2.57. The lowest BCUT2D eigenvalue weighted by atomic mass is 9.84. The molecule has 174 valence electrons. The van der Waals surface area contributed by atoms with E-state index in [1.165, 1.54) is 19.0 Å². The zero-order chi connectivity index (χ0) is 23.2. The molecule has 3 aromatic rings. The van der Waals surface area contributed by atoms with Crippen molar-refractivity contribution in [3.63, 3.8) is 0 Å². The average Bonchev–Trinajstić information content (AvgIpc) is 3.41. The number of nitrogens with zero attached hydrogens (tertiary/aromatic N) is 8. The number of fused-ring (bicyclic) bond motifs is 1. The maximum absolute atomic E-state index is 14.6. The van der Waals surface area contributed by atoms with Crippen molar-refractivity contribution in [1.82, 2.24) is 40.1 Å². The number of nitrogens with one attached hydrogen (secondary N) is 2. The Morgan fingerprint density at radius 2 is 2.03 bits per heavy atom. The Balaban J connectivity index is 1.35. The van der Waals surface area contributed by atoms with E-state index < -0.39 is 5.82 Å². The molecule has 2 N–H and O–H groups in total. The molecule has 2 saturated heterocycles. The number of piperidine rings is 1. The molecule has 0 saturated carbocycles. The summed E-state index contributed by atoms with van der Waals surface area (Å²) < 4.78 is 16.2. The summed E-state index contributed by atoms with van der Waals surface area (Å²) in [5.74, 6) is 0.704. The van der Waals surface area contributed by atoms with Gasteiger partial charge in [-0.25, -0.2) is 9.37 Å². The monoisotopic (exact) mass is 452 g/mol. The number of pyridine rings is 1. The van der Waals surface area contributed by atoms with Crippen LogP contribution >= 0.6 is 0 Å². The van der Waals surface area contributed by atoms with Crippen LogP contribution in [-0.4, -0.2) is 64.2 Å². The van der Waals surface area contributed by atoms with E-state index in [1.807, 2.05) is 19.9 Å². The minimum atomic E-state index is -0.459. The summed E-state index contributed by atoms with van der Waals surface area (Å²) in [5, 5.41) is 18.1. The van der Waals surface area contributed by atoms with Gasteiger partial charge in [0.05, 0.1) is 29.5 Å². The second kappa shape index (κ2) is 8.29. The van der Waals surface area contributed by atoms with Gasteiger partial charge in [-0.3, -0.25) is 9.88 Å². The van der Waals surface area contributed by atoms with E-state index >= 15 is 0 Å². The molecule has 5 rings (SSSR count). The van der Waals surface area contributed by atoms with Crippen LogP contribution in [0.5, 0.6) is 0 Å². The van der Waals surface area contributed by atoms with Crippen LogP contribution in [-0.2, 0) is 0 Å². The Bertz CT molecular complexity index is 1160. The largest absolute Gasteiger partial charge is 0.365 e. The van der Waals surface area contributed by atoms with Gasteiger partial charge in [0.25, 0.3) is 0 Å². The van der Waals surface area contributed by atoms with Gasteiger partial charge >= 0.3 is 0 Å². The molecule has 0 aliphatic carbocycles. The summed E-state index contributed by atoms with van der Waals surface area (Å²) >= 11 is 0. The highest BCUT2D eigenvalue weighted by Gasteiger charge is 2.43. The molecule has 0 bridgehead atoms. The van der Waals surface area contributed by atoms with Crippen molar-refractivity contribution < 1.29 is 4.39 Å². The first-order chi connectivity index (χ1) is 15.8. The minimum Gasteiger partial charge on any atom is -0.365 e. The number of hydrogen-bond donors (Lipinski definition) is 2. The van der Waals surface area contributed by atoms with Gasteiger partial charge in [-0.05, 0) is 76.4 Å². The Hall–Kier alpha value is -3.21. The molecule has 2 aliphatic rings. The first-order valence-corrected chi connectivity index (χ1v) is 11.3. The van der Waals surface area contributed by atoms with Gasteiger partial charge in [0.2, 0.25) is 5.95 Å². The summed E-state index contributed by atoms with van der Waals surface area (Å²) in [6.45, 7) is 9.40. The van der Waals surface area contributed by atoms with E-state index in [4.69, 9.17) is 0 Å². The van der Waals surface area contributed by atoms with E-state index in [2.05, 4.69) is 59.9 Å². The Morgan fingerprint density at radius 1 is 1.18 bits per heavy atom. The molecule has 33 heavy (non-hydrogen) atoms. The standard InChI is InChI=1S/C22H29FN10/c1-13-19(33-14(2)29-30-31-33)9-16(11-24-13)27-21-25-12-18(23)20(28-21)26-15-8-17-6-5-7-32(17)22(3,4)10-15/h9,11-12,15,17H,5-8,10H2,1-4H3,(H2,25,26,27,28). The Morgan fingerprint density at radius 3 is 2.82 bits per heavy atom. The molecule has 2 unspecified atom stereocenters. The summed E-state index contributed by atoms with van der Waals surface area (Å²) in [5.41, 5.74) is 2.26. The van der Waals surface area contributed by atoms with Crippen LogP contribution < -0.4 is 10.6 Å². The van der Waals surface area contributed by atoms with Crippen LogP contribution in [0.25, 0.3) is 5.69 Å². The van der Waals surface area contributed by atoms with Gasteiger partial charge in [-0.2, -0.15) is 9.67 Å². The van der Waals surface area contributed by atoms with Crippen molar-refractivity contribution in [3.8, 4) is 5.69 Å². The first kappa shape index (κ1) is 21.6. The third-order valence-electron chi connectivity index (χ3n) is 6.71. The Labute approximate surface area is 192 Å². The molecule has 0 spiro atoms. The first-order valence-electron chi connectivity index (χ1n) is 11.3. The van der Waals surface area contributed by atoms with Gasteiger partial charge in [-0.1, -0.05) is 0 Å². The molecular weight excluding hydrogens is 423 g/mol. The smallest absolute Gasteiger partial charge is 0.229 e. The molecular formula is C22H29FN10. The van der Waals surface area contributed by atoms with E-state index in [1.54, 1.807) is 10.9 Å². The minimum absolute atomic E-state index is 0.0833. The molecule has 2 atom stereocenters. The zero-order valence-corrected chi connectivity index (χ0v) is 19.4. The fourth-order valence-corrected chi connectivity index (χ4v) is 5.23. The molecule has 0 aromatic carbocycles. The second-order valence-corrected chi connectivity index (χ2v) is 9.56. The van der Waals surface area contributed by atoms with Crippen molar-refractivity contribution in [2.75, 3.05) is 17.2 Å². The van der Waals surface area contributed by atoms with Gasteiger partial charge in [0.15, 0.2) is 17.5 Å². The third-order valence-corrected chi connectivity index (χ3v) is 6.71. The van der Waals surface area contributed by atoms with Crippen molar-refractivity contribution in [2.24, 2.45) is 0 Å². The van der Waals surface area contributed by atoms with E-state index in [0.29, 0.717) is 23.5 Å². The Kier molecular flexibility index (Phi) is 5.43. The van der Waals surface area contributed by atoms with Gasteiger partial charge in [-0.15, -0.1) is 5.10 Å². The molecule has 3 aromatic heterocycles. The maximum Gasteiger partial charge on any atom is 0.229 e. The lowest BCUT2D eigenvalue weighted by Gasteiger charge is -2.47. The molecule has 10 nitrogen and oxygen atoms in total. The number of hydrogen-bond acceptors (Lipinski definition) is 9. The average molecular weight is 453 g/mol. The SMILES string of the molecule is Cc1ncc(Nc2ncc(F)c(NC3CC4CCCN4C(C)(C)C3)n2)cc1-n1nnnc1C. The molecule has 0 amide bonds. The molecule has 2 aliphatic heterocycles. The quantitative estimate of drug-likeness (QED) is 0.603. The summed E-state index contributed by atoms with van der Waals surface area (Å²) in [6.07, 6.45) is 7.23. The predicted molar refractivity (Wildman–Crippen MR) is 122 cm³/mol. The predicted octanol–water partition coefficient (Wildman–Crippen LogP) is 3.16. The number of aromatic nitrogens is 7. The summed E-state index contributed by atoms with van der Waals surface area (Å²) in [4.78, 5) is 15.6. The summed E-state index contributed by atoms with van der Waals surface area (Å²) in [7, 11) is 0. The molecule has 11 heteroatoms. The topological polar surface area (TPSA) is 110 Å². The van der Waals surface area contributed by atoms with E-state index in [9.17, 15) is 4.39 Å². The van der Waals surface area contributed by atoms with Crippen molar-refractivity contribution >= 4 is 17.5 Å². The van der Waals surface area contributed by atoms with Gasteiger partial charge < -0.3 is 10.6 Å². The fourth-order valence-electron chi connectivity index (χ4n) is 5.23. The van der Waals surface area contributed by atoms with Gasteiger partial charge in [0, 0.05) is 17.6 Å². The lowest BCUT2D eigenvalue weighted by Crippen LogP contribution is -2.55. The third kappa shape index (κ3) is 4.24. The van der Waals surface area contributed by atoms with Crippen molar-refractivity contribution in [1.29, 1.82) is 0 Å². The number of rotatable bonds is 5. The van der Waals surface area contributed by atoms with E-state index in [-0.39, 0.29) is 17.4 Å². The van der Waals surface area contributed by atoms with Crippen LogP contribution in [0.1, 0.15) is 51.0 Å². The highest BCUT2D eigenvalue weighted by atomic mass is 19.1. The maximum atomic E-state index is 14.6. The lowest BCUT2D eigenvalue weighted by molar-refractivity contribution is 0.0500. The highest BCUT2D eigenvalue weighted by Crippen LogP contribution is 2.38. The van der Waals surface area contributed by atoms with E-state index in [0.717, 1.165) is 30.8 Å². The van der Waals surface area contributed by atoms with Gasteiger partial charge in [0.1, 0.15) is 0 Å². The molecule has 2 fully saturated rings. The van der Waals surface area contributed by atoms with Crippen LogP contribution in [0.4, 0.5) is 21.8 Å². The van der Waals surface area contributed by atoms with Crippen molar-refractivity contribution in [3.05, 3.63) is 35.8 Å². The number of tetrazole rings is 1. The van der Waals surface area contributed by atoms with Crippen LogP contribution in [0.15, 0.2) is 18.5 Å². The second-order valence-electron chi connectivity index (χ2n) is 9.56. The van der Waals surface area contributed by atoms with Crippen LogP contribution in [0, 0.1) is 19.7 Å². The highest BCUT2D eigenvalue weighted by molar-refractivity contribution is 5.58. The molecule has 5 heterocycles. The van der Waals surface area contributed by atoms with Crippen molar-refractivity contribution in [2.45, 2.75) is 71.0 Å². The fraction of sp³-hybridized carbons (Fsp3) is 0.545. The van der Waals surface area contributed by atoms with Crippen LogP contribution in [0.2, 0.25) is 0 Å².